The van der Waals surface area contributed by atoms with Crippen molar-refractivity contribution in [1.29, 1.82) is 0 Å². The van der Waals surface area contributed by atoms with E-state index in [2.05, 4.69) is 0 Å². The van der Waals surface area contributed by atoms with Crippen molar-refractivity contribution in [3.05, 3.63) is 29.7 Å². The van der Waals surface area contributed by atoms with Crippen LogP contribution in [-0.4, -0.2) is 18.0 Å². The van der Waals surface area contributed by atoms with Crippen LogP contribution in [-0.2, 0) is 14.3 Å². The Morgan fingerprint density at radius 1 is 1.50 bits per heavy atom. The van der Waals surface area contributed by atoms with E-state index in [1.165, 1.54) is 19.1 Å². The van der Waals surface area contributed by atoms with E-state index in [9.17, 15) is 9.59 Å². The number of carbonyl (C=O) groups excluding carboxylic acids is 2. The average Bonchev–Trinajstić information content (AvgIpc) is 2.61. The maximum Gasteiger partial charge on any atom is 0.331 e. The molecule has 1 atom stereocenters. The molecule has 5 nitrogen and oxygen atoms in total. The van der Waals surface area contributed by atoms with Gasteiger partial charge in [-0.15, -0.1) is 0 Å². The molecule has 0 saturated carbocycles. The lowest BCUT2D eigenvalue weighted by molar-refractivity contribution is -0.148. The van der Waals surface area contributed by atoms with Crippen LogP contribution in [0.5, 0.6) is 0 Å². The van der Waals surface area contributed by atoms with E-state index in [0.717, 1.165) is 5.76 Å². The lowest BCUT2D eigenvalue weighted by Gasteiger charge is -2.06. The zero-order chi connectivity index (χ0) is 12.1. The van der Waals surface area contributed by atoms with E-state index in [1.807, 2.05) is 0 Å². The van der Waals surface area contributed by atoms with Gasteiger partial charge in [-0.3, -0.25) is 4.79 Å². The van der Waals surface area contributed by atoms with Crippen LogP contribution in [0, 0.1) is 6.92 Å². The van der Waals surface area contributed by atoms with Crippen LogP contribution in [0.3, 0.4) is 0 Å². The highest BCUT2D eigenvalue weighted by atomic mass is 16.5. The Balaban J connectivity index is 2.51. The number of amides is 1. The highest BCUT2D eigenvalue weighted by Gasteiger charge is 2.12. The number of nitrogens with two attached hydrogens (primary N) is 1. The third kappa shape index (κ3) is 3.61. The minimum Gasteiger partial charge on any atom is -0.462 e. The summed E-state index contributed by atoms with van der Waals surface area (Å²) < 4.78 is 9.90. The van der Waals surface area contributed by atoms with Gasteiger partial charge in [0.05, 0.1) is 0 Å². The van der Waals surface area contributed by atoms with Gasteiger partial charge in [0, 0.05) is 6.08 Å². The third-order valence-electron chi connectivity index (χ3n) is 1.84. The van der Waals surface area contributed by atoms with Crippen molar-refractivity contribution in [3.8, 4) is 0 Å². The number of aryl methyl sites for hydroxylation is 1. The first-order valence-corrected chi connectivity index (χ1v) is 4.73. The van der Waals surface area contributed by atoms with Crippen molar-refractivity contribution in [2.24, 2.45) is 5.73 Å². The third-order valence-corrected chi connectivity index (χ3v) is 1.84. The van der Waals surface area contributed by atoms with Gasteiger partial charge >= 0.3 is 5.97 Å². The summed E-state index contributed by atoms with van der Waals surface area (Å²) >= 11 is 0. The summed E-state index contributed by atoms with van der Waals surface area (Å²) in [6, 6.07) is 3.49. The Labute approximate surface area is 92.9 Å². The average molecular weight is 223 g/mol. The molecular formula is C11H13NO4. The van der Waals surface area contributed by atoms with Gasteiger partial charge in [0.15, 0.2) is 6.10 Å². The van der Waals surface area contributed by atoms with E-state index in [1.54, 1.807) is 19.1 Å². The Bertz CT molecular complexity index is 419. The SMILES string of the molecule is Cc1ccc(/C=C/C(=O)O[C@H](C)C(N)=O)o1. The summed E-state index contributed by atoms with van der Waals surface area (Å²) in [5, 5.41) is 0. The number of rotatable bonds is 4. The Morgan fingerprint density at radius 3 is 2.69 bits per heavy atom. The number of primary amides is 1. The molecule has 0 aliphatic rings. The van der Waals surface area contributed by atoms with Crippen molar-refractivity contribution >= 4 is 18.0 Å². The molecular weight excluding hydrogens is 210 g/mol. The first kappa shape index (κ1) is 12.0. The quantitative estimate of drug-likeness (QED) is 0.610. The number of hydrogen-bond donors (Lipinski definition) is 1. The lowest BCUT2D eigenvalue weighted by atomic mass is 10.3. The molecule has 1 aromatic rings. The summed E-state index contributed by atoms with van der Waals surface area (Å²) in [6.07, 6.45) is 1.70. The summed E-state index contributed by atoms with van der Waals surface area (Å²) in [5.74, 6) is -0.0318. The second-order valence-electron chi connectivity index (χ2n) is 3.26. The molecule has 1 aromatic heterocycles. The minimum absolute atomic E-state index is 0.543. The zero-order valence-electron chi connectivity index (χ0n) is 9.10. The van der Waals surface area contributed by atoms with Gasteiger partial charge in [0.1, 0.15) is 11.5 Å². The van der Waals surface area contributed by atoms with Crippen LogP contribution in [0.4, 0.5) is 0 Å². The van der Waals surface area contributed by atoms with Gasteiger partial charge in [0.25, 0.3) is 5.91 Å². The van der Waals surface area contributed by atoms with E-state index >= 15 is 0 Å². The Kier molecular flexibility index (Phi) is 3.88. The van der Waals surface area contributed by atoms with Crippen molar-refractivity contribution < 1.29 is 18.7 Å². The van der Waals surface area contributed by atoms with Crippen LogP contribution >= 0.6 is 0 Å². The summed E-state index contributed by atoms with van der Waals surface area (Å²) in [5.41, 5.74) is 4.94. The van der Waals surface area contributed by atoms with Crippen LogP contribution in [0.15, 0.2) is 22.6 Å². The monoisotopic (exact) mass is 223 g/mol. The fraction of sp³-hybridized carbons (Fsp3) is 0.273. The highest BCUT2D eigenvalue weighted by Crippen LogP contribution is 2.08. The first-order chi connectivity index (χ1) is 7.49. The predicted octanol–water partition coefficient (Wildman–Crippen LogP) is 1.02. The van der Waals surface area contributed by atoms with Crippen LogP contribution in [0.2, 0.25) is 0 Å². The molecule has 0 unspecified atom stereocenters. The molecule has 1 rings (SSSR count). The summed E-state index contributed by atoms with van der Waals surface area (Å²) in [7, 11) is 0. The molecule has 86 valence electrons. The normalized spacial score (nSPS) is 12.6. The van der Waals surface area contributed by atoms with Gasteiger partial charge in [-0.05, 0) is 32.1 Å². The standard InChI is InChI=1S/C11H13NO4/c1-7-3-4-9(15-7)5-6-10(13)16-8(2)11(12)14/h3-6,8H,1-2H3,(H2,12,14)/b6-5+/t8-/m1/s1. The number of esters is 1. The highest BCUT2D eigenvalue weighted by molar-refractivity contribution is 5.89. The fourth-order valence-corrected chi connectivity index (χ4v) is 0.965. The van der Waals surface area contributed by atoms with Crippen LogP contribution in [0.25, 0.3) is 6.08 Å². The number of furan rings is 1. The fourth-order valence-electron chi connectivity index (χ4n) is 0.965. The topological polar surface area (TPSA) is 82.5 Å². The minimum atomic E-state index is -0.935. The van der Waals surface area contributed by atoms with Crippen molar-refractivity contribution in [3.63, 3.8) is 0 Å². The number of hydrogen-bond acceptors (Lipinski definition) is 4. The molecule has 2 N–H and O–H groups in total. The maximum atomic E-state index is 11.2. The van der Waals surface area contributed by atoms with Crippen LogP contribution in [0.1, 0.15) is 18.4 Å². The largest absolute Gasteiger partial charge is 0.462 e. The van der Waals surface area contributed by atoms with Crippen LogP contribution < -0.4 is 5.73 Å². The van der Waals surface area contributed by atoms with E-state index in [-0.39, 0.29) is 0 Å². The van der Waals surface area contributed by atoms with Gasteiger partial charge in [-0.2, -0.15) is 0 Å². The zero-order valence-corrected chi connectivity index (χ0v) is 9.10. The molecule has 1 heterocycles. The van der Waals surface area contributed by atoms with Crippen molar-refractivity contribution in [2.75, 3.05) is 0 Å². The molecule has 0 radical (unpaired) electrons. The summed E-state index contributed by atoms with van der Waals surface area (Å²) in [6.45, 7) is 3.20. The van der Waals surface area contributed by atoms with Gasteiger partial charge in [-0.25, -0.2) is 4.79 Å². The predicted molar refractivity (Wildman–Crippen MR) is 57.2 cm³/mol. The molecule has 0 bridgehead atoms. The molecule has 0 fully saturated rings. The number of ether oxygens (including phenoxy) is 1. The van der Waals surface area contributed by atoms with E-state index < -0.39 is 18.0 Å². The van der Waals surface area contributed by atoms with E-state index in [0.29, 0.717) is 5.76 Å². The maximum absolute atomic E-state index is 11.2. The second kappa shape index (κ2) is 5.16. The van der Waals surface area contributed by atoms with Gasteiger partial charge in [0.2, 0.25) is 0 Å². The summed E-state index contributed by atoms with van der Waals surface area (Å²) in [4.78, 5) is 21.8. The smallest absolute Gasteiger partial charge is 0.331 e. The Hall–Kier alpha value is -2.04. The number of carbonyl (C=O) groups is 2. The van der Waals surface area contributed by atoms with E-state index in [4.69, 9.17) is 14.9 Å². The molecule has 0 saturated heterocycles. The molecule has 0 aliphatic carbocycles. The second-order valence-corrected chi connectivity index (χ2v) is 3.26. The lowest BCUT2D eigenvalue weighted by Crippen LogP contribution is -2.29. The van der Waals surface area contributed by atoms with Gasteiger partial charge < -0.3 is 14.9 Å². The molecule has 0 spiro atoms. The van der Waals surface area contributed by atoms with Crippen molar-refractivity contribution in [1.82, 2.24) is 0 Å². The Morgan fingerprint density at radius 2 is 2.19 bits per heavy atom. The molecule has 0 aromatic carbocycles. The molecule has 0 aliphatic heterocycles. The first-order valence-electron chi connectivity index (χ1n) is 4.73. The van der Waals surface area contributed by atoms with Gasteiger partial charge in [-0.1, -0.05) is 0 Å². The molecule has 5 heteroatoms. The molecule has 16 heavy (non-hydrogen) atoms. The van der Waals surface area contributed by atoms with Crippen molar-refractivity contribution in [2.45, 2.75) is 20.0 Å². The molecule has 1 amide bonds.